The third-order valence-corrected chi connectivity index (χ3v) is 11.7. The monoisotopic (exact) mass is 826 g/mol. The van der Waals surface area contributed by atoms with Crippen LogP contribution in [0.4, 0.5) is 4.39 Å². The highest BCUT2D eigenvalue weighted by atomic mass is 32.2. The number of amides is 4. The molecule has 0 unspecified atom stereocenters. The van der Waals surface area contributed by atoms with Gasteiger partial charge < -0.3 is 40.3 Å². The topological polar surface area (TPSA) is 228 Å². The zero-order valence-corrected chi connectivity index (χ0v) is 33.5. The molecule has 0 radical (unpaired) electrons. The van der Waals surface area contributed by atoms with E-state index >= 15 is 0 Å². The Morgan fingerprint density at radius 3 is 2.41 bits per heavy atom. The van der Waals surface area contributed by atoms with E-state index in [1.807, 2.05) is 6.92 Å². The van der Waals surface area contributed by atoms with Crippen LogP contribution in [0.2, 0.25) is 0 Å². The molecule has 5 N–H and O–H groups in total. The van der Waals surface area contributed by atoms with Gasteiger partial charge in [-0.2, -0.15) is 4.31 Å². The van der Waals surface area contributed by atoms with Crippen LogP contribution in [-0.4, -0.2) is 91.0 Å². The lowest BCUT2D eigenvalue weighted by molar-refractivity contribution is -0.135. The minimum absolute atomic E-state index is 0.0198. The fraction of sp³-hybridized carbons (Fsp3) is 0.410. The van der Waals surface area contributed by atoms with Crippen LogP contribution >= 0.6 is 0 Å². The summed E-state index contributed by atoms with van der Waals surface area (Å²) in [6.07, 6.45) is -1.24. The maximum Gasteiger partial charge on any atom is 0.419 e. The number of hydrogen-bond donors (Lipinski definition) is 5. The van der Waals surface area contributed by atoms with Gasteiger partial charge in [0.15, 0.2) is 17.1 Å². The molecule has 4 bridgehead atoms. The quantitative estimate of drug-likeness (QED) is 0.190. The Balaban J connectivity index is 1.49. The Morgan fingerprint density at radius 2 is 1.71 bits per heavy atom. The molecule has 4 amide bonds. The van der Waals surface area contributed by atoms with E-state index in [0.29, 0.717) is 12.0 Å². The molecule has 5 rings (SSSR count). The Labute approximate surface area is 333 Å². The van der Waals surface area contributed by atoms with Crippen molar-refractivity contribution in [1.82, 2.24) is 30.1 Å². The van der Waals surface area contributed by atoms with Gasteiger partial charge in [-0.3, -0.25) is 23.7 Å². The number of ether oxygens (including phenoxy) is 2. The van der Waals surface area contributed by atoms with Crippen molar-refractivity contribution in [3.63, 3.8) is 0 Å². The van der Waals surface area contributed by atoms with Crippen LogP contribution in [0.15, 0.2) is 68.7 Å². The van der Waals surface area contributed by atoms with Gasteiger partial charge in [0.1, 0.15) is 23.7 Å². The first-order valence-electron chi connectivity index (χ1n) is 18.6. The van der Waals surface area contributed by atoms with Gasteiger partial charge in [-0.05, 0) is 73.4 Å². The van der Waals surface area contributed by atoms with Gasteiger partial charge in [-0.1, -0.05) is 20.3 Å². The molecule has 17 nitrogen and oxygen atoms in total. The molecule has 0 aliphatic carbocycles. The number of carbonyl (C=O) groups is 4. The van der Waals surface area contributed by atoms with E-state index in [4.69, 9.17) is 13.9 Å². The number of aliphatic hydroxyl groups is 1. The van der Waals surface area contributed by atoms with Gasteiger partial charge in [0.2, 0.25) is 27.7 Å². The number of sulfonamides is 1. The predicted octanol–water partition coefficient (Wildman–Crippen LogP) is 2.30. The van der Waals surface area contributed by atoms with Crippen molar-refractivity contribution in [2.75, 3.05) is 26.7 Å². The minimum atomic E-state index is -4.31. The molecule has 0 fully saturated rings. The number of carbonyl (C=O) groups excluding carboxylic acids is 4. The number of fused-ring (bicyclic) bond motifs is 5. The van der Waals surface area contributed by atoms with Gasteiger partial charge in [-0.25, -0.2) is 17.6 Å². The maximum atomic E-state index is 14.9. The summed E-state index contributed by atoms with van der Waals surface area (Å²) in [4.78, 5) is 65.5. The second-order valence-electron chi connectivity index (χ2n) is 14.0. The minimum Gasteiger partial charge on any atom is -0.493 e. The molecular weight excluding hydrogens is 780 g/mol. The molecular formula is C39H47FN6O11S. The molecule has 0 spiro atoms. The lowest BCUT2D eigenvalue weighted by atomic mass is 9.97. The van der Waals surface area contributed by atoms with Crippen LogP contribution in [0.3, 0.4) is 0 Å². The highest BCUT2D eigenvalue weighted by Gasteiger charge is 2.32. The van der Waals surface area contributed by atoms with Crippen LogP contribution in [-0.2, 0) is 38.0 Å². The first-order valence-corrected chi connectivity index (χ1v) is 20.0. The number of aromatic nitrogens is 1. The highest BCUT2D eigenvalue weighted by Crippen LogP contribution is 2.33. The van der Waals surface area contributed by atoms with E-state index in [2.05, 4.69) is 21.3 Å². The first-order chi connectivity index (χ1) is 27.5. The van der Waals surface area contributed by atoms with E-state index in [9.17, 15) is 41.9 Å². The van der Waals surface area contributed by atoms with Crippen LogP contribution in [0.1, 0.15) is 56.0 Å². The molecule has 4 atom stereocenters. The van der Waals surface area contributed by atoms with Crippen molar-refractivity contribution in [3.05, 3.63) is 82.1 Å². The highest BCUT2D eigenvalue weighted by molar-refractivity contribution is 7.89. The summed E-state index contributed by atoms with van der Waals surface area (Å²) in [6.45, 7) is 4.04. The number of methoxy groups -OCH3 is 1. The molecule has 4 aromatic rings. The Morgan fingerprint density at radius 1 is 0.948 bits per heavy atom. The number of oxazole rings is 1. The zero-order chi connectivity index (χ0) is 42.3. The third kappa shape index (κ3) is 10.2. The normalized spacial score (nSPS) is 19.4. The number of aliphatic hydroxyl groups excluding tert-OH is 1. The van der Waals surface area contributed by atoms with Crippen LogP contribution in [0, 0.1) is 11.7 Å². The van der Waals surface area contributed by atoms with Gasteiger partial charge >= 0.3 is 5.76 Å². The Hall–Kier alpha value is -5.79. The molecule has 1 aliphatic rings. The van der Waals surface area contributed by atoms with Crippen LogP contribution in [0.5, 0.6) is 17.2 Å². The number of nitrogens with one attached hydrogen (secondary N) is 4. The largest absolute Gasteiger partial charge is 0.493 e. The van der Waals surface area contributed by atoms with E-state index < -0.39 is 69.3 Å². The van der Waals surface area contributed by atoms with Crippen molar-refractivity contribution < 1.29 is 51.0 Å². The van der Waals surface area contributed by atoms with Crippen molar-refractivity contribution >= 4 is 44.8 Å². The first kappa shape index (κ1) is 43.3. The van der Waals surface area contributed by atoms with E-state index in [1.54, 1.807) is 6.92 Å². The number of aryl methyl sites for hydroxylation is 1. The maximum absolute atomic E-state index is 14.9. The number of nitrogens with zero attached hydrogens (tertiary/aromatic N) is 2. The fourth-order valence-electron chi connectivity index (χ4n) is 6.28. The summed E-state index contributed by atoms with van der Waals surface area (Å²) >= 11 is 0. The lowest BCUT2D eigenvalue weighted by Gasteiger charge is -2.27. The van der Waals surface area contributed by atoms with Crippen LogP contribution in [0.25, 0.3) is 11.1 Å². The number of halogens is 1. The molecule has 58 heavy (non-hydrogen) atoms. The van der Waals surface area contributed by atoms with Crippen molar-refractivity contribution in [1.29, 1.82) is 0 Å². The van der Waals surface area contributed by atoms with Gasteiger partial charge in [-0.15, -0.1) is 0 Å². The lowest BCUT2D eigenvalue weighted by Crippen LogP contribution is -2.58. The summed E-state index contributed by atoms with van der Waals surface area (Å²) in [5.41, 5.74) is 0.819. The summed E-state index contributed by atoms with van der Waals surface area (Å²) < 4.78 is 61.8. The summed E-state index contributed by atoms with van der Waals surface area (Å²) in [5.74, 6) is -4.20. The molecule has 0 saturated carbocycles. The number of hydrogen-bond acceptors (Lipinski definition) is 11. The van der Waals surface area contributed by atoms with Gasteiger partial charge in [0, 0.05) is 51.3 Å². The SMILES string of the molecule is CC[C@H](C)[C@@H]1NC(=O)[C@H]([C@@H](C)O)NC(=O)CCCN(S(=O)(=O)c2ccc3oc(=O)n(C)c3c2)CCNC(=O)c2ccc(OC)c(c2)Oc2cc(F)cc(c2)CNC1=O. The summed E-state index contributed by atoms with van der Waals surface area (Å²) in [6, 6.07) is 9.41. The van der Waals surface area contributed by atoms with Crippen LogP contribution < -0.4 is 36.5 Å². The average Bonchev–Trinajstić information content (AvgIpc) is 3.47. The standard InChI is InChI=1S/C39H47FN6O11S/c1-6-22(2)34-37(50)42-21-24-16-26(40)19-27(17-24)56-32-18-25(9-11-31(32)55-5)36(49)41-13-15-46(14-7-8-33(48)43-35(23(3)47)38(51)44-34)58(53,54)28-10-12-30-29(20-28)45(4)39(52)57-30/h9-12,16-20,22-23,34-35,47H,6-8,13-15,21H2,1-5H3,(H,41,49)(H,42,50)(H,43,48)(H,44,51)/t22-,23+,34-,35-/m0/s1. The Kier molecular flexibility index (Phi) is 13.9. The van der Waals surface area contributed by atoms with Gasteiger partial charge in [0.05, 0.1) is 23.6 Å². The van der Waals surface area contributed by atoms with Gasteiger partial charge in [0.25, 0.3) is 5.91 Å². The van der Waals surface area contributed by atoms with Crippen molar-refractivity contribution in [2.45, 2.75) is 69.7 Å². The van der Waals surface area contributed by atoms with Crippen molar-refractivity contribution in [2.24, 2.45) is 13.0 Å². The molecule has 1 aromatic heterocycles. The smallest absolute Gasteiger partial charge is 0.419 e. The molecule has 312 valence electrons. The summed E-state index contributed by atoms with van der Waals surface area (Å²) in [7, 11) is -1.50. The fourth-order valence-corrected chi connectivity index (χ4v) is 7.78. The Bertz CT molecular complexity index is 2350. The second-order valence-corrected chi connectivity index (χ2v) is 15.9. The number of rotatable bonds is 6. The van der Waals surface area contributed by atoms with Crippen molar-refractivity contribution in [3.8, 4) is 17.2 Å². The molecule has 0 saturated heterocycles. The van der Waals surface area contributed by atoms with E-state index in [-0.39, 0.29) is 77.8 Å². The molecule has 3 aromatic carbocycles. The predicted molar refractivity (Wildman–Crippen MR) is 208 cm³/mol. The molecule has 2 heterocycles. The second kappa shape index (κ2) is 18.6. The zero-order valence-electron chi connectivity index (χ0n) is 32.7. The molecule has 19 heteroatoms. The average molecular weight is 827 g/mol. The summed E-state index contributed by atoms with van der Waals surface area (Å²) in [5, 5.41) is 21.0. The molecule has 1 aliphatic heterocycles. The third-order valence-electron chi connectivity index (χ3n) is 9.78. The van der Waals surface area contributed by atoms with E-state index in [0.717, 1.165) is 14.9 Å². The van der Waals surface area contributed by atoms with E-state index in [1.165, 1.54) is 69.6 Å². The number of benzene rings is 3.